The molecule has 4 rings (SSSR count). The molecule has 1 aliphatic heterocycles. The molecule has 1 aliphatic rings. The first-order valence-electron chi connectivity index (χ1n) is 11.8. The van der Waals surface area contributed by atoms with E-state index in [4.69, 9.17) is 0 Å². The highest BCUT2D eigenvalue weighted by Crippen LogP contribution is 2.25. The Morgan fingerprint density at radius 3 is 2.48 bits per heavy atom. The standard InChI is InChI=1S/C26H31FN4OS/c1-2-3-4-19-5-9-22(10-6-19)25(32)28-18-21-13-15-31(16-14-21)26-29-24(30-33-26)17-20-7-11-23(27)12-8-20/h5-12,21H,2-4,13-18H2,1H3,(H,28,32). The Bertz CT molecular complexity index is 1030. The third-order valence-corrected chi connectivity index (χ3v) is 7.02. The van der Waals surface area contributed by atoms with Crippen molar-refractivity contribution in [2.24, 2.45) is 5.92 Å². The number of nitrogens with zero attached hydrogens (tertiary/aromatic N) is 3. The largest absolute Gasteiger partial charge is 0.352 e. The number of piperidine rings is 1. The van der Waals surface area contributed by atoms with Crippen LogP contribution in [0.15, 0.2) is 48.5 Å². The van der Waals surface area contributed by atoms with Gasteiger partial charge in [0, 0.05) is 43.2 Å². The van der Waals surface area contributed by atoms with E-state index in [1.165, 1.54) is 42.1 Å². The van der Waals surface area contributed by atoms with E-state index in [9.17, 15) is 9.18 Å². The Hall–Kier alpha value is -2.80. The molecule has 0 radical (unpaired) electrons. The normalized spacial score (nSPS) is 14.4. The predicted molar refractivity (Wildman–Crippen MR) is 131 cm³/mol. The summed E-state index contributed by atoms with van der Waals surface area (Å²) in [5, 5.41) is 4.05. The Morgan fingerprint density at radius 2 is 1.79 bits per heavy atom. The third-order valence-electron chi connectivity index (χ3n) is 6.20. The van der Waals surface area contributed by atoms with Gasteiger partial charge in [-0.05, 0) is 67.0 Å². The first kappa shape index (κ1) is 23.4. The summed E-state index contributed by atoms with van der Waals surface area (Å²) < 4.78 is 17.6. The number of hydrogen-bond donors (Lipinski definition) is 1. The van der Waals surface area contributed by atoms with Gasteiger partial charge in [0.25, 0.3) is 5.91 Å². The molecule has 3 aromatic rings. The molecule has 7 heteroatoms. The fraction of sp³-hybridized carbons (Fsp3) is 0.423. The number of amides is 1. The average Bonchev–Trinajstić information content (AvgIpc) is 3.32. The molecule has 1 saturated heterocycles. The molecule has 1 aromatic heterocycles. The minimum atomic E-state index is -0.231. The number of rotatable bonds is 9. The summed E-state index contributed by atoms with van der Waals surface area (Å²) in [6.07, 6.45) is 6.07. The van der Waals surface area contributed by atoms with Gasteiger partial charge in [-0.2, -0.15) is 4.37 Å². The predicted octanol–water partition coefficient (Wildman–Crippen LogP) is 5.26. The SMILES string of the molecule is CCCCc1ccc(C(=O)NCC2CCN(c3nc(Cc4ccc(F)cc4)ns3)CC2)cc1. The van der Waals surface area contributed by atoms with Crippen molar-refractivity contribution in [1.82, 2.24) is 14.7 Å². The molecule has 0 aliphatic carbocycles. The van der Waals surface area contributed by atoms with E-state index in [1.54, 1.807) is 12.1 Å². The number of anilines is 1. The Balaban J connectivity index is 1.21. The second-order valence-corrected chi connectivity index (χ2v) is 9.47. The molecule has 1 fully saturated rings. The van der Waals surface area contributed by atoms with Crippen LogP contribution in [0.4, 0.5) is 9.52 Å². The second kappa shape index (κ2) is 11.4. The van der Waals surface area contributed by atoms with Crippen LogP contribution in [-0.2, 0) is 12.8 Å². The molecule has 0 saturated carbocycles. The maximum absolute atomic E-state index is 13.1. The average molecular weight is 467 g/mol. The molecule has 0 bridgehead atoms. The van der Waals surface area contributed by atoms with Gasteiger partial charge < -0.3 is 10.2 Å². The number of halogens is 1. The van der Waals surface area contributed by atoms with Gasteiger partial charge in [0.05, 0.1) is 0 Å². The molecule has 0 unspecified atom stereocenters. The van der Waals surface area contributed by atoms with Gasteiger partial charge in [-0.3, -0.25) is 4.79 Å². The first-order valence-corrected chi connectivity index (χ1v) is 12.6. The van der Waals surface area contributed by atoms with E-state index in [0.717, 1.165) is 54.4 Å². The maximum atomic E-state index is 13.1. The molecule has 0 atom stereocenters. The van der Waals surface area contributed by atoms with E-state index in [1.807, 2.05) is 12.1 Å². The quantitative estimate of drug-likeness (QED) is 0.468. The van der Waals surface area contributed by atoms with E-state index in [0.29, 0.717) is 18.9 Å². The molecule has 33 heavy (non-hydrogen) atoms. The first-order chi connectivity index (χ1) is 16.1. The zero-order valence-corrected chi connectivity index (χ0v) is 19.9. The van der Waals surface area contributed by atoms with Crippen LogP contribution in [0.2, 0.25) is 0 Å². The van der Waals surface area contributed by atoms with Gasteiger partial charge >= 0.3 is 0 Å². The van der Waals surface area contributed by atoms with E-state index in [2.05, 4.69) is 38.6 Å². The van der Waals surface area contributed by atoms with Gasteiger partial charge in [-0.15, -0.1) is 0 Å². The van der Waals surface area contributed by atoms with Crippen LogP contribution in [0.25, 0.3) is 0 Å². The molecule has 1 N–H and O–H groups in total. The van der Waals surface area contributed by atoms with Gasteiger partial charge in [0.2, 0.25) is 5.13 Å². The molecule has 5 nitrogen and oxygen atoms in total. The number of nitrogens with one attached hydrogen (secondary N) is 1. The van der Waals surface area contributed by atoms with Crippen molar-refractivity contribution in [2.75, 3.05) is 24.5 Å². The topological polar surface area (TPSA) is 58.1 Å². The van der Waals surface area contributed by atoms with Crippen LogP contribution in [0.1, 0.15) is 59.9 Å². The summed E-state index contributed by atoms with van der Waals surface area (Å²) in [6, 6.07) is 14.5. The molecular weight excluding hydrogens is 435 g/mol. The molecule has 2 heterocycles. The molecule has 2 aromatic carbocycles. The molecule has 174 valence electrons. The van der Waals surface area contributed by atoms with Crippen molar-refractivity contribution in [2.45, 2.75) is 45.4 Å². The van der Waals surface area contributed by atoms with Crippen LogP contribution in [-0.4, -0.2) is 34.9 Å². The summed E-state index contributed by atoms with van der Waals surface area (Å²) in [5.74, 6) is 1.02. The van der Waals surface area contributed by atoms with Crippen molar-refractivity contribution < 1.29 is 9.18 Å². The molecular formula is C26H31FN4OS. The fourth-order valence-electron chi connectivity index (χ4n) is 4.10. The summed E-state index contributed by atoms with van der Waals surface area (Å²) in [5.41, 5.74) is 3.03. The van der Waals surface area contributed by atoms with E-state index >= 15 is 0 Å². The van der Waals surface area contributed by atoms with Gasteiger partial charge in [0.15, 0.2) is 0 Å². The number of hydrogen-bond acceptors (Lipinski definition) is 5. The highest BCUT2D eigenvalue weighted by molar-refractivity contribution is 7.09. The van der Waals surface area contributed by atoms with Crippen LogP contribution in [0.5, 0.6) is 0 Å². The zero-order valence-electron chi connectivity index (χ0n) is 19.1. The lowest BCUT2D eigenvalue weighted by molar-refractivity contribution is 0.0945. The van der Waals surface area contributed by atoms with Crippen LogP contribution < -0.4 is 10.2 Å². The Labute approximate surface area is 199 Å². The Morgan fingerprint density at radius 1 is 1.09 bits per heavy atom. The monoisotopic (exact) mass is 466 g/mol. The van der Waals surface area contributed by atoms with Gasteiger partial charge in [0.1, 0.15) is 11.6 Å². The van der Waals surface area contributed by atoms with Crippen molar-refractivity contribution in [1.29, 1.82) is 0 Å². The van der Waals surface area contributed by atoms with Crippen LogP contribution >= 0.6 is 11.5 Å². The lowest BCUT2D eigenvalue weighted by atomic mass is 9.97. The lowest BCUT2D eigenvalue weighted by Gasteiger charge is -2.31. The lowest BCUT2D eigenvalue weighted by Crippen LogP contribution is -2.38. The summed E-state index contributed by atoms with van der Waals surface area (Å²) in [6.45, 7) is 4.72. The van der Waals surface area contributed by atoms with E-state index < -0.39 is 0 Å². The minimum absolute atomic E-state index is 0.00836. The molecule has 0 spiro atoms. The number of aryl methyl sites for hydroxylation is 1. The Kier molecular flexibility index (Phi) is 8.05. The molecule has 1 amide bonds. The summed E-state index contributed by atoms with van der Waals surface area (Å²) >= 11 is 1.42. The highest BCUT2D eigenvalue weighted by Gasteiger charge is 2.22. The van der Waals surface area contributed by atoms with Crippen LogP contribution in [0, 0.1) is 11.7 Å². The smallest absolute Gasteiger partial charge is 0.251 e. The zero-order chi connectivity index (χ0) is 23.0. The van der Waals surface area contributed by atoms with E-state index in [-0.39, 0.29) is 11.7 Å². The number of aromatic nitrogens is 2. The van der Waals surface area contributed by atoms with Gasteiger partial charge in [-0.25, -0.2) is 9.37 Å². The summed E-state index contributed by atoms with van der Waals surface area (Å²) in [7, 11) is 0. The third kappa shape index (κ3) is 6.60. The van der Waals surface area contributed by atoms with Crippen LogP contribution in [0.3, 0.4) is 0 Å². The maximum Gasteiger partial charge on any atom is 0.251 e. The fourth-order valence-corrected chi connectivity index (χ4v) is 4.84. The van der Waals surface area contributed by atoms with Crippen molar-refractivity contribution >= 4 is 22.6 Å². The second-order valence-electron chi connectivity index (χ2n) is 8.74. The highest BCUT2D eigenvalue weighted by atomic mass is 32.1. The summed E-state index contributed by atoms with van der Waals surface area (Å²) in [4.78, 5) is 19.5. The number of unbranched alkanes of at least 4 members (excludes halogenated alkanes) is 1. The number of carbonyl (C=O) groups is 1. The van der Waals surface area contributed by atoms with Crippen molar-refractivity contribution in [3.05, 3.63) is 76.9 Å². The van der Waals surface area contributed by atoms with Crippen molar-refractivity contribution in [3.63, 3.8) is 0 Å². The number of benzene rings is 2. The van der Waals surface area contributed by atoms with Crippen molar-refractivity contribution in [3.8, 4) is 0 Å². The number of carbonyl (C=O) groups excluding carboxylic acids is 1. The van der Waals surface area contributed by atoms with Gasteiger partial charge in [-0.1, -0.05) is 37.6 Å². The minimum Gasteiger partial charge on any atom is -0.352 e.